The zero-order valence-electron chi connectivity index (χ0n) is 13.3. The number of likely N-dealkylation sites (tertiary alicyclic amines) is 1. The third-order valence-electron chi connectivity index (χ3n) is 4.32. The fourth-order valence-corrected chi connectivity index (χ4v) is 3.06. The van der Waals surface area contributed by atoms with Crippen LogP contribution in [0.2, 0.25) is 0 Å². The van der Waals surface area contributed by atoms with Crippen molar-refractivity contribution in [2.75, 3.05) is 25.0 Å². The molecule has 0 saturated carbocycles. The number of aromatic carboxylic acids is 1. The number of carboxylic acid groups (broad SMARTS) is 1. The summed E-state index contributed by atoms with van der Waals surface area (Å²) in [4.78, 5) is 17.4. The summed E-state index contributed by atoms with van der Waals surface area (Å²) in [5.74, 6) is -1.24. The van der Waals surface area contributed by atoms with E-state index in [1.807, 2.05) is 12.1 Å². The molecule has 0 bridgehead atoms. The van der Waals surface area contributed by atoms with Gasteiger partial charge in [0.25, 0.3) is 0 Å². The van der Waals surface area contributed by atoms with Crippen LogP contribution in [0, 0.1) is 5.82 Å². The molecule has 126 valence electrons. The Morgan fingerprint density at radius 3 is 2.62 bits per heavy atom. The van der Waals surface area contributed by atoms with Crippen molar-refractivity contribution in [3.8, 4) is 0 Å². The lowest BCUT2D eigenvalue weighted by molar-refractivity contribution is 0.0696. The number of hydrogen-bond acceptors (Lipinski definition) is 4. The SMILES string of the molecule is O=C(O)c1cncc(NCC(c2ccc(F)cc2)N2CCCC2)c1. The van der Waals surface area contributed by atoms with Crippen LogP contribution in [0.1, 0.15) is 34.8 Å². The lowest BCUT2D eigenvalue weighted by Gasteiger charge is -2.28. The molecule has 2 heterocycles. The molecule has 6 heteroatoms. The summed E-state index contributed by atoms with van der Waals surface area (Å²) in [7, 11) is 0. The van der Waals surface area contributed by atoms with Crippen LogP contribution in [0.25, 0.3) is 0 Å². The van der Waals surface area contributed by atoms with Gasteiger partial charge in [-0.1, -0.05) is 12.1 Å². The van der Waals surface area contributed by atoms with Gasteiger partial charge in [-0.2, -0.15) is 0 Å². The number of nitrogens with one attached hydrogen (secondary N) is 1. The molecule has 5 nitrogen and oxygen atoms in total. The van der Waals surface area contributed by atoms with E-state index in [4.69, 9.17) is 5.11 Å². The van der Waals surface area contributed by atoms with Gasteiger partial charge in [0, 0.05) is 18.9 Å². The van der Waals surface area contributed by atoms with E-state index in [1.54, 1.807) is 12.3 Å². The average molecular weight is 329 g/mol. The van der Waals surface area contributed by atoms with Gasteiger partial charge < -0.3 is 10.4 Å². The summed E-state index contributed by atoms with van der Waals surface area (Å²) in [5.41, 5.74) is 1.87. The highest BCUT2D eigenvalue weighted by Gasteiger charge is 2.23. The third kappa shape index (κ3) is 3.89. The molecule has 1 aliphatic heterocycles. The van der Waals surface area contributed by atoms with Crippen LogP contribution in [0.3, 0.4) is 0 Å². The van der Waals surface area contributed by atoms with E-state index in [-0.39, 0.29) is 17.4 Å². The highest BCUT2D eigenvalue weighted by molar-refractivity contribution is 5.88. The van der Waals surface area contributed by atoms with Crippen molar-refractivity contribution >= 4 is 11.7 Å². The van der Waals surface area contributed by atoms with E-state index >= 15 is 0 Å². The van der Waals surface area contributed by atoms with Crippen molar-refractivity contribution in [2.45, 2.75) is 18.9 Å². The van der Waals surface area contributed by atoms with Gasteiger partial charge in [-0.25, -0.2) is 9.18 Å². The average Bonchev–Trinajstić information content (AvgIpc) is 3.11. The van der Waals surface area contributed by atoms with Gasteiger partial charge in [-0.05, 0) is 49.7 Å². The molecule has 1 fully saturated rings. The number of aromatic nitrogens is 1. The number of nitrogens with zero attached hydrogens (tertiary/aromatic N) is 2. The predicted octanol–water partition coefficient (Wildman–Crippen LogP) is 3.17. The second kappa shape index (κ2) is 7.40. The number of rotatable bonds is 6. The normalized spacial score (nSPS) is 16.0. The molecule has 1 unspecified atom stereocenters. The van der Waals surface area contributed by atoms with Crippen LogP contribution in [-0.4, -0.2) is 40.6 Å². The third-order valence-corrected chi connectivity index (χ3v) is 4.32. The fraction of sp³-hybridized carbons (Fsp3) is 0.333. The van der Waals surface area contributed by atoms with Crippen LogP contribution in [0.5, 0.6) is 0 Å². The van der Waals surface area contributed by atoms with E-state index in [9.17, 15) is 9.18 Å². The molecule has 0 spiro atoms. The first-order valence-electron chi connectivity index (χ1n) is 8.05. The maximum atomic E-state index is 13.2. The summed E-state index contributed by atoms with van der Waals surface area (Å²) < 4.78 is 13.2. The molecule has 0 aliphatic carbocycles. The first-order chi connectivity index (χ1) is 11.6. The maximum absolute atomic E-state index is 13.2. The van der Waals surface area contributed by atoms with Crippen molar-refractivity contribution in [1.29, 1.82) is 0 Å². The molecular formula is C18H20FN3O2. The maximum Gasteiger partial charge on any atom is 0.337 e. The molecular weight excluding hydrogens is 309 g/mol. The van der Waals surface area contributed by atoms with Crippen molar-refractivity contribution < 1.29 is 14.3 Å². The van der Waals surface area contributed by atoms with Crippen LogP contribution in [0.15, 0.2) is 42.7 Å². The minimum Gasteiger partial charge on any atom is -0.478 e. The van der Waals surface area contributed by atoms with E-state index in [1.165, 1.54) is 18.3 Å². The smallest absolute Gasteiger partial charge is 0.337 e. The van der Waals surface area contributed by atoms with E-state index in [2.05, 4.69) is 15.2 Å². The van der Waals surface area contributed by atoms with Gasteiger partial charge in [0.2, 0.25) is 0 Å². The summed E-state index contributed by atoms with van der Waals surface area (Å²) in [5, 5.41) is 12.3. The number of carboxylic acids is 1. The molecule has 1 aliphatic rings. The molecule has 0 radical (unpaired) electrons. The van der Waals surface area contributed by atoms with E-state index in [0.29, 0.717) is 12.2 Å². The number of carbonyl (C=O) groups is 1. The first kappa shape index (κ1) is 16.4. The monoisotopic (exact) mass is 329 g/mol. The Balaban J connectivity index is 1.75. The molecule has 2 aromatic rings. The Morgan fingerprint density at radius 1 is 1.25 bits per heavy atom. The van der Waals surface area contributed by atoms with E-state index in [0.717, 1.165) is 31.5 Å². The lowest BCUT2D eigenvalue weighted by atomic mass is 10.1. The topological polar surface area (TPSA) is 65.5 Å². The van der Waals surface area contributed by atoms with Crippen LogP contribution < -0.4 is 5.32 Å². The molecule has 1 atom stereocenters. The zero-order chi connectivity index (χ0) is 16.9. The summed E-state index contributed by atoms with van der Waals surface area (Å²) in [6.45, 7) is 2.63. The molecule has 24 heavy (non-hydrogen) atoms. The standard InChI is InChI=1S/C18H20FN3O2/c19-15-5-3-13(4-6-15)17(22-7-1-2-8-22)12-21-16-9-14(18(23)24)10-20-11-16/h3-6,9-11,17,21H,1-2,7-8,12H2,(H,23,24). The van der Waals surface area contributed by atoms with Crippen molar-refractivity contribution in [2.24, 2.45) is 0 Å². The Bertz CT molecular complexity index is 700. The van der Waals surface area contributed by atoms with Crippen molar-refractivity contribution in [1.82, 2.24) is 9.88 Å². The molecule has 0 amide bonds. The number of halogens is 1. The quantitative estimate of drug-likeness (QED) is 0.852. The zero-order valence-corrected chi connectivity index (χ0v) is 13.3. The Morgan fingerprint density at radius 2 is 1.96 bits per heavy atom. The number of benzene rings is 1. The Hall–Kier alpha value is -2.47. The Labute approximate surface area is 140 Å². The van der Waals surface area contributed by atoms with Gasteiger partial charge in [-0.3, -0.25) is 9.88 Å². The second-order valence-electron chi connectivity index (χ2n) is 5.96. The van der Waals surface area contributed by atoms with Gasteiger partial charge in [-0.15, -0.1) is 0 Å². The number of pyridine rings is 1. The molecule has 1 aromatic carbocycles. The molecule has 1 saturated heterocycles. The molecule has 2 N–H and O–H groups in total. The number of hydrogen-bond donors (Lipinski definition) is 2. The van der Waals surface area contributed by atoms with Gasteiger partial charge >= 0.3 is 5.97 Å². The van der Waals surface area contributed by atoms with Crippen molar-refractivity contribution in [3.63, 3.8) is 0 Å². The van der Waals surface area contributed by atoms with Crippen molar-refractivity contribution in [3.05, 3.63) is 59.7 Å². The molecule has 1 aromatic heterocycles. The first-order valence-corrected chi connectivity index (χ1v) is 8.05. The van der Waals surface area contributed by atoms with Crippen LogP contribution >= 0.6 is 0 Å². The molecule has 3 rings (SSSR count). The van der Waals surface area contributed by atoms with Crippen LogP contribution in [-0.2, 0) is 0 Å². The minimum absolute atomic E-state index is 0.113. The summed E-state index contributed by atoms with van der Waals surface area (Å²) in [6, 6.07) is 8.26. The largest absolute Gasteiger partial charge is 0.478 e. The van der Waals surface area contributed by atoms with Gasteiger partial charge in [0.15, 0.2) is 0 Å². The van der Waals surface area contributed by atoms with E-state index < -0.39 is 5.97 Å². The lowest BCUT2D eigenvalue weighted by Crippen LogP contribution is -2.31. The van der Waals surface area contributed by atoms with Gasteiger partial charge in [0.05, 0.1) is 17.3 Å². The number of anilines is 1. The fourth-order valence-electron chi connectivity index (χ4n) is 3.06. The highest BCUT2D eigenvalue weighted by atomic mass is 19.1. The second-order valence-corrected chi connectivity index (χ2v) is 5.96. The van der Waals surface area contributed by atoms with Crippen LogP contribution in [0.4, 0.5) is 10.1 Å². The highest BCUT2D eigenvalue weighted by Crippen LogP contribution is 2.26. The Kier molecular flexibility index (Phi) is 5.05. The minimum atomic E-state index is -0.999. The summed E-state index contributed by atoms with van der Waals surface area (Å²) in [6.07, 6.45) is 5.26. The van der Waals surface area contributed by atoms with Gasteiger partial charge in [0.1, 0.15) is 5.82 Å². The summed E-state index contributed by atoms with van der Waals surface area (Å²) >= 11 is 0. The predicted molar refractivity (Wildman–Crippen MR) is 89.6 cm³/mol.